The average Bonchev–Trinajstić information content (AvgIpc) is 3.22. The molecule has 1 atom stereocenters. The normalized spacial score (nSPS) is 15.9. The number of amides is 1. The van der Waals surface area contributed by atoms with Crippen molar-refractivity contribution >= 4 is 22.5 Å². The van der Waals surface area contributed by atoms with Crippen molar-refractivity contribution in [3.8, 4) is 0 Å². The Morgan fingerprint density at radius 2 is 1.69 bits per heavy atom. The summed E-state index contributed by atoms with van der Waals surface area (Å²) in [6.07, 6.45) is 3.48. The predicted octanol–water partition coefficient (Wildman–Crippen LogP) is 5.02. The van der Waals surface area contributed by atoms with Crippen molar-refractivity contribution in [3.63, 3.8) is 0 Å². The molecule has 2 heterocycles. The third-order valence-electron chi connectivity index (χ3n) is 6.58. The number of benzene rings is 2. The molecule has 3 aromatic rings. The number of piperazine rings is 1. The van der Waals surface area contributed by atoms with Gasteiger partial charge in [0, 0.05) is 79.5 Å². The van der Waals surface area contributed by atoms with Gasteiger partial charge in [0.15, 0.2) is 0 Å². The van der Waals surface area contributed by atoms with E-state index in [9.17, 15) is 4.79 Å². The lowest BCUT2D eigenvalue weighted by Gasteiger charge is -2.37. The van der Waals surface area contributed by atoms with Crippen LogP contribution in [-0.2, 0) is 6.42 Å². The van der Waals surface area contributed by atoms with Gasteiger partial charge in [-0.3, -0.25) is 9.69 Å². The number of nitrogens with zero attached hydrogens (tertiary/aromatic N) is 3. The molecule has 1 N–H and O–H groups in total. The number of hydrogen-bond acceptors (Lipinski definition) is 3. The monoisotopic (exact) mass is 430 g/mol. The molecule has 1 amide bonds. The Balaban J connectivity index is 1.42. The summed E-state index contributed by atoms with van der Waals surface area (Å²) < 4.78 is 2.23. The molecule has 1 unspecified atom stereocenters. The Bertz CT molecular complexity index is 1080. The van der Waals surface area contributed by atoms with Crippen LogP contribution in [0.4, 0.5) is 0 Å². The van der Waals surface area contributed by atoms with Gasteiger partial charge < -0.3 is 14.9 Å². The van der Waals surface area contributed by atoms with Gasteiger partial charge in [0.1, 0.15) is 0 Å². The maximum atomic E-state index is 13.1. The predicted molar refractivity (Wildman–Crippen MR) is 132 cm³/mol. The van der Waals surface area contributed by atoms with Crippen LogP contribution in [0.2, 0.25) is 0 Å². The number of carbonyl (C=O) groups is 1. The largest absolute Gasteiger partial charge is 0.344 e. The fraction of sp³-hybridized carbons (Fsp3) is 0.407. The fourth-order valence-electron chi connectivity index (χ4n) is 4.67. The van der Waals surface area contributed by atoms with E-state index < -0.39 is 0 Å². The minimum Gasteiger partial charge on any atom is -0.344 e. The van der Waals surface area contributed by atoms with E-state index in [1.165, 1.54) is 5.56 Å². The number of nitrogens with one attached hydrogen (secondary N) is 1. The highest BCUT2D eigenvalue weighted by Crippen LogP contribution is 2.24. The van der Waals surface area contributed by atoms with Gasteiger partial charge in [0.05, 0.1) is 0 Å². The third-order valence-corrected chi connectivity index (χ3v) is 6.58. The van der Waals surface area contributed by atoms with Crippen LogP contribution in [-0.4, -0.2) is 58.2 Å². The molecule has 0 aliphatic carbocycles. The van der Waals surface area contributed by atoms with Gasteiger partial charge in [-0.2, -0.15) is 0 Å². The zero-order valence-corrected chi connectivity index (χ0v) is 19.4. The van der Waals surface area contributed by atoms with Crippen LogP contribution in [0.5, 0.6) is 0 Å². The summed E-state index contributed by atoms with van der Waals surface area (Å²) in [5.41, 5.74) is 3.79. The van der Waals surface area contributed by atoms with Crippen molar-refractivity contribution in [3.05, 3.63) is 71.9 Å². The third kappa shape index (κ3) is 4.94. The maximum absolute atomic E-state index is 13.1. The molecule has 4 rings (SSSR count). The van der Waals surface area contributed by atoms with Gasteiger partial charge in [0.25, 0.3) is 5.91 Å². The van der Waals surface area contributed by atoms with Gasteiger partial charge in [0.2, 0.25) is 0 Å². The first-order chi connectivity index (χ1) is 15.4. The van der Waals surface area contributed by atoms with E-state index in [2.05, 4.69) is 60.7 Å². The zero-order valence-electron chi connectivity index (χ0n) is 19.4. The van der Waals surface area contributed by atoms with Crippen LogP contribution in [0.15, 0.2) is 60.8 Å². The van der Waals surface area contributed by atoms with Crippen molar-refractivity contribution < 1.29 is 4.79 Å². The van der Waals surface area contributed by atoms with E-state index in [1.807, 2.05) is 35.2 Å². The lowest BCUT2D eigenvalue weighted by molar-refractivity contribution is 0.0595. The summed E-state index contributed by atoms with van der Waals surface area (Å²) in [5, 5.41) is 9.53. The van der Waals surface area contributed by atoms with Gasteiger partial charge in [-0.25, -0.2) is 0 Å². The molecule has 2 aromatic carbocycles. The maximum Gasteiger partial charge on any atom is 0.253 e. The number of fused-ring (bicyclic) bond motifs is 1. The van der Waals surface area contributed by atoms with Crippen molar-refractivity contribution in [2.75, 3.05) is 26.2 Å². The van der Waals surface area contributed by atoms with Crippen LogP contribution in [0.1, 0.15) is 49.2 Å². The molecule has 5 nitrogen and oxygen atoms in total. The molecule has 0 bridgehead atoms. The smallest absolute Gasteiger partial charge is 0.253 e. The summed E-state index contributed by atoms with van der Waals surface area (Å²) in [7, 11) is 0. The highest BCUT2D eigenvalue weighted by molar-refractivity contribution is 5.98. The molecule has 32 heavy (non-hydrogen) atoms. The topological polar surface area (TPSA) is 52.3 Å². The molecule has 1 aromatic heterocycles. The molecule has 1 saturated heterocycles. The second-order valence-electron chi connectivity index (χ2n) is 9.24. The molecular formula is C27H34N4O. The van der Waals surface area contributed by atoms with E-state index in [0.717, 1.165) is 48.4 Å². The molecule has 0 saturated carbocycles. The summed E-state index contributed by atoms with van der Waals surface area (Å²) in [6, 6.07) is 19.0. The van der Waals surface area contributed by atoms with Crippen molar-refractivity contribution in [2.45, 2.75) is 45.7 Å². The minimum absolute atomic E-state index is 0.126. The van der Waals surface area contributed by atoms with Crippen LogP contribution < -0.4 is 0 Å². The molecule has 0 radical (unpaired) electrons. The first kappa shape index (κ1) is 22.3. The van der Waals surface area contributed by atoms with Crippen LogP contribution >= 0.6 is 0 Å². The van der Waals surface area contributed by atoms with Gasteiger partial charge in [-0.05, 0) is 50.6 Å². The van der Waals surface area contributed by atoms with Crippen molar-refractivity contribution in [1.29, 1.82) is 5.41 Å². The number of carbonyl (C=O) groups excluding carboxylic acids is 1. The highest BCUT2D eigenvalue weighted by Gasteiger charge is 2.23. The Hall–Kier alpha value is -2.92. The Morgan fingerprint density at radius 1 is 0.969 bits per heavy atom. The molecule has 0 spiro atoms. The van der Waals surface area contributed by atoms with Crippen LogP contribution in [0.3, 0.4) is 0 Å². The molecule has 5 heteroatoms. The van der Waals surface area contributed by atoms with Gasteiger partial charge in [-0.1, -0.05) is 30.3 Å². The average molecular weight is 431 g/mol. The van der Waals surface area contributed by atoms with Crippen LogP contribution in [0, 0.1) is 5.41 Å². The number of aromatic nitrogens is 1. The summed E-state index contributed by atoms with van der Waals surface area (Å²) in [5.74, 6) is 0.126. The minimum atomic E-state index is 0.126. The van der Waals surface area contributed by atoms with Crippen molar-refractivity contribution in [2.24, 2.45) is 0 Å². The van der Waals surface area contributed by atoms with E-state index in [-0.39, 0.29) is 11.9 Å². The van der Waals surface area contributed by atoms with Gasteiger partial charge in [-0.15, -0.1) is 0 Å². The SMILES string of the molecule is CC(C)N1CCN(C(=O)c2ccc3c(ccn3C(C)CC(=N)Cc3ccccc3)c2)CC1. The molecular weight excluding hydrogens is 396 g/mol. The quantitative estimate of drug-likeness (QED) is 0.535. The fourth-order valence-corrected chi connectivity index (χ4v) is 4.67. The zero-order chi connectivity index (χ0) is 22.7. The van der Waals surface area contributed by atoms with E-state index >= 15 is 0 Å². The highest BCUT2D eigenvalue weighted by atomic mass is 16.2. The molecule has 1 aliphatic rings. The standard InChI is InChI=1S/C27H34N4O/c1-20(2)29-13-15-30(16-14-29)27(32)24-9-10-26-23(19-24)11-12-31(26)21(3)17-25(28)18-22-7-5-4-6-8-22/h4-12,19-21,28H,13-18H2,1-3H3. The molecule has 168 valence electrons. The Morgan fingerprint density at radius 3 is 2.38 bits per heavy atom. The lowest BCUT2D eigenvalue weighted by atomic mass is 10.0. The molecule has 1 aliphatic heterocycles. The van der Waals surface area contributed by atoms with E-state index in [0.29, 0.717) is 18.9 Å². The second-order valence-corrected chi connectivity index (χ2v) is 9.24. The summed E-state index contributed by atoms with van der Waals surface area (Å²) in [6.45, 7) is 10.0. The second kappa shape index (κ2) is 9.70. The van der Waals surface area contributed by atoms with Gasteiger partial charge >= 0.3 is 0 Å². The Labute approximate surface area is 191 Å². The van der Waals surface area contributed by atoms with E-state index in [4.69, 9.17) is 5.41 Å². The summed E-state index contributed by atoms with van der Waals surface area (Å²) >= 11 is 0. The van der Waals surface area contributed by atoms with Crippen molar-refractivity contribution in [1.82, 2.24) is 14.4 Å². The summed E-state index contributed by atoms with van der Waals surface area (Å²) in [4.78, 5) is 17.4. The lowest BCUT2D eigenvalue weighted by Crippen LogP contribution is -2.50. The number of hydrogen-bond donors (Lipinski definition) is 1. The number of rotatable bonds is 7. The van der Waals surface area contributed by atoms with Crippen LogP contribution in [0.25, 0.3) is 10.9 Å². The molecule has 1 fully saturated rings. The first-order valence-electron chi connectivity index (χ1n) is 11.7. The first-order valence-corrected chi connectivity index (χ1v) is 11.7. The Kier molecular flexibility index (Phi) is 6.75. The van der Waals surface area contributed by atoms with E-state index in [1.54, 1.807) is 0 Å².